The Hall–Kier alpha value is -1.68. The van der Waals surface area contributed by atoms with Gasteiger partial charge in [0.15, 0.2) is 0 Å². The summed E-state index contributed by atoms with van der Waals surface area (Å²) >= 11 is 0. The van der Waals surface area contributed by atoms with Gasteiger partial charge < -0.3 is 10.2 Å². The summed E-state index contributed by atoms with van der Waals surface area (Å²) in [7, 11) is 0. The van der Waals surface area contributed by atoms with Crippen molar-refractivity contribution < 1.29 is 8.81 Å². The highest BCUT2D eigenvalue weighted by atomic mass is 19.1. The highest BCUT2D eigenvalue weighted by Crippen LogP contribution is 2.29. The molecule has 0 fully saturated rings. The SMILES string of the molecule is CC(C)c1oc(CN)nc1-c1cccc(F)c1. The molecule has 0 atom stereocenters. The van der Waals surface area contributed by atoms with Crippen molar-refractivity contribution >= 4 is 0 Å². The third-order valence-electron chi connectivity index (χ3n) is 2.49. The van der Waals surface area contributed by atoms with Crippen LogP contribution in [-0.2, 0) is 6.54 Å². The molecule has 0 aliphatic rings. The lowest BCUT2D eigenvalue weighted by Gasteiger charge is -2.03. The second-order valence-electron chi connectivity index (χ2n) is 4.19. The minimum Gasteiger partial charge on any atom is -0.443 e. The third-order valence-corrected chi connectivity index (χ3v) is 2.49. The van der Waals surface area contributed by atoms with E-state index in [1.165, 1.54) is 12.1 Å². The van der Waals surface area contributed by atoms with E-state index in [1.807, 2.05) is 19.9 Å². The molecule has 1 aromatic carbocycles. The van der Waals surface area contributed by atoms with E-state index in [0.717, 1.165) is 11.3 Å². The summed E-state index contributed by atoms with van der Waals surface area (Å²) in [6.45, 7) is 4.25. The van der Waals surface area contributed by atoms with Crippen LogP contribution in [0.2, 0.25) is 0 Å². The van der Waals surface area contributed by atoms with Crippen molar-refractivity contribution in [2.75, 3.05) is 0 Å². The zero-order valence-corrected chi connectivity index (χ0v) is 9.90. The molecule has 0 saturated heterocycles. The zero-order valence-electron chi connectivity index (χ0n) is 9.90. The molecule has 0 radical (unpaired) electrons. The summed E-state index contributed by atoms with van der Waals surface area (Å²) in [6.07, 6.45) is 0. The Labute approximate surface area is 99.5 Å². The van der Waals surface area contributed by atoms with E-state index in [4.69, 9.17) is 10.2 Å². The van der Waals surface area contributed by atoms with Gasteiger partial charge in [0, 0.05) is 11.5 Å². The average molecular weight is 234 g/mol. The molecule has 0 spiro atoms. The molecule has 17 heavy (non-hydrogen) atoms. The van der Waals surface area contributed by atoms with Crippen LogP contribution in [-0.4, -0.2) is 4.98 Å². The lowest BCUT2D eigenvalue weighted by molar-refractivity contribution is 0.441. The van der Waals surface area contributed by atoms with Gasteiger partial charge in [-0.2, -0.15) is 0 Å². The van der Waals surface area contributed by atoms with Crippen molar-refractivity contribution in [2.45, 2.75) is 26.3 Å². The normalized spacial score (nSPS) is 11.1. The second-order valence-corrected chi connectivity index (χ2v) is 4.19. The molecule has 1 heterocycles. The molecule has 0 aliphatic heterocycles. The van der Waals surface area contributed by atoms with Crippen LogP contribution in [0, 0.1) is 5.82 Å². The van der Waals surface area contributed by atoms with Crippen molar-refractivity contribution in [3.8, 4) is 11.3 Å². The molecule has 0 amide bonds. The van der Waals surface area contributed by atoms with Crippen molar-refractivity contribution in [1.29, 1.82) is 0 Å². The van der Waals surface area contributed by atoms with E-state index in [0.29, 0.717) is 11.6 Å². The van der Waals surface area contributed by atoms with Crippen LogP contribution < -0.4 is 5.73 Å². The number of aromatic nitrogens is 1. The van der Waals surface area contributed by atoms with Crippen LogP contribution in [0.3, 0.4) is 0 Å². The fourth-order valence-electron chi connectivity index (χ4n) is 1.70. The molecule has 90 valence electrons. The quantitative estimate of drug-likeness (QED) is 0.887. The molecule has 0 unspecified atom stereocenters. The average Bonchev–Trinajstić information content (AvgIpc) is 2.73. The lowest BCUT2D eigenvalue weighted by atomic mass is 10.0. The molecule has 3 nitrogen and oxygen atoms in total. The summed E-state index contributed by atoms with van der Waals surface area (Å²) in [5, 5.41) is 0. The summed E-state index contributed by atoms with van der Waals surface area (Å²) in [6, 6.07) is 6.32. The maximum atomic E-state index is 13.2. The number of benzene rings is 1. The first kappa shape index (κ1) is 11.8. The van der Waals surface area contributed by atoms with Gasteiger partial charge in [-0.15, -0.1) is 0 Å². The molecule has 2 aromatic rings. The number of nitrogens with two attached hydrogens (primary N) is 1. The van der Waals surface area contributed by atoms with E-state index in [9.17, 15) is 4.39 Å². The maximum absolute atomic E-state index is 13.2. The maximum Gasteiger partial charge on any atom is 0.208 e. The van der Waals surface area contributed by atoms with Crippen LogP contribution in [0.5, 0.6) is 0 Å². The summed E-state index contributed by atoms with van der Waals surface area (Å²) < 4.78 is 18.8. The fourth-order valence-corrected chi connectivity index (χ4v) is 1.70. The van der Waals surface area contributed by atoms with Gasteiger partial charge in [0.05, 0.1) is 6.54 Å². The summed E-state index contributed by atoms with van der Waals surface area (Å²) in [5.41, 5.74) is 6.91. The van der Waals surface area contributed by atoms with Gasteiger partial charge in [-0.1, -0.05) is 26.0 Å². The topological polar surface area (TPSA) is 52.0 Å². The van der Waals surface area contributed by atoms with Gasteiger partial charge in [0.2, 0.25) is 5.89 Å². The molecule has 0 aliphatic carbocycles. The minimum atomic E-state index is -0.283. The van der Waals surface area contributed by atoms with Gasteiger partial charge in [0.25, 0.3) is 0 Å². The van der Waals surface area contributed by atoms with Crippen LogP contribution in [0.1, 0.15) is 31.4 Å². The third kappa shape index (κ3) is 2.36. The highest BCUT2D eigenvalue weighted by molar-refractivity contribution is 5.61. The van der Waals surface area contributed by atoms with E-state index in [1.54, 1.807) is 6.07 Å². The second kappa shape index (κ2) is 4.67. The molecule has 0 bridgehead atoms. The Morgan fingerprint density at radius 2 is 2.18 bits per heavy atom. The van der Waals surface area contributed by atoms with Crippen LogP contribution in [0.25, 0.3) is 11.3 Å². The number of rotatable bonds is 3. The Morgan fingerprint density at radius 1 is 1.41 bits per heavy atom. The number of hydrogen-bond acceptors (Lipinski definition) is 3. The molecule has 2 rings (SSSR count). The van der Waals surface area contributed by atoms with Crippen molar-refractivity contribution in [2.24, 2.45) is 5.73 Å². The Kier molecular flexibility index (Phi) is 3.24. The van der Waals surface area contributed by atoms with E-state index in [-0.39, 0.29) is 18.3 Å². The van der Waals surface area contributed by atoms with Gasteiger partial charge in [-0.25, -0.2) is 9.37 Å². The standard InChI is InChI=1S/C13H15FN2O/c1-8(2)13-12(16-11(7-15)17-13)9-4-3-5-10(14)6-9/h3-6,8H,7,15H2,1-2H3. The number of nitrogens with zero attached hydrogens (tertiary/aromatic N) is 1. The molecule has 4 heteroatoms. The van der Waals surface area contributed by atoms with Gasteiger partial charge in [-0.05, 0) is 12.1 Å². The highest BCUT2D eigenvalue weighted by Gasteiger charge is 2.17. The van der Waals surface area contributed by atoms with Crippen LogP contribution >= 0.6 is 0 Å². The molecular formula is C13H15FN2O. The Bertz CT molecular complexity index is 520. The van der Waals surface area contributed by atoms with Crippen molar-refractivity contribution in [1.82, 2.24) is 4.98 Å². The summed E-state index contributed by atoms with van der Waals surface area (Å²) in [5.74, 6) is 1.12. The fraction of sp³-hybridized carbons (Fsp3) is 0.308. The van der Waals surface area contributed by atoms with Crippen LogP contribution in [0.15, 0.2) is 28.7 Å². The molecular weight excluding hydrogens is 219 g/mol. The first-order valence-corrected chi connectivity index (χ1v) is 5.57. The van der Waals surface area contributed by atoms with Crippen molar-refractivity contribution in [3.05, 3.63) is 41.7 Å². The minimum absolute atomic E-state index is 0.182. The number of oxazole rings is 1. The Morgan fingerprint density at radius 3 is 2.76 bits per heavy atom. The van der Waals surface area contributed by atoms with Gasteiger partial charge in [0.1, 0.15) is 17.3 Å². The first-order chi connectivity index (χ1) is 8.11. The zero-order chi connectivity index (χ0) is 12.4. The lowest BCUT2D eigenvalue weighted by Crippen LogP contribution is -1.95. The monoisotopic (exact) mass is 234 g/mol. The predicted octanol–water partition coefficient (Wildman–Crippen LogP) is 3.06. The number of hydrogen-bond donors (Lipinski definition) is 1. The van der Waals surface area contributed by atoms with Gasteiger partial charge >= 0.3 is 0 Å². The predicted molar refractivity (Wildman–Crippen MR) is 63.9 cm³/mol. The Balaban J connectivity index is 2.53. The van der Waals surface area contributed by atoms with Crippen LogP contribution in [0.4, 0.5) is 4.39 Å². The van der Waals surface area contributed by atoms with E-state index in [2.05, 4.69) is 4.98 Å². The van der Waals surface area contributed by atoms with E-state index < -0.39 is 0 Å². The smallest absolute Gasteiger partial charge is 0.208 e. The molecule has 2 N–H and O–H groups in total. The van der Waals surface area contributed by atoms with Crippen molar-refractivity contribution in [3.63, 3.8) is 0 Å². The molecule has 0 saturated carbocycles. The molecule has 1 aromatic heterocycles. The summed E-state index contributed by atoms with van der Waals surface area (Å²) in [4.78, 5) is 4.30. The van der Waals surface area contributed by atoms with E-state index >= 15 is 0 Å². The largest absolute Gasteiger partial charge is 0.443 e. The van der Waals surface area contributed by atoms with Gasteiger partial charge in [-0.3, -0.25) is 0 Å². The number of halogens is 1. The first-order valence-electron chi connectivity index (χ1n) is 5.57.